The van der Waals surface area contributed by atoms with Gasteiger partial charge in [0.2, 0.25) is 23.7 Å². The van der Waals surface area contributed by atoms with E-state index in [1.54, 1.807) is 55.0 Å². The molecule has 0 aliphatic carbocycles. The van der Waals surface area contributed by atoms with E-state index in [1.165, 1.54) is 4.90 Å². The van der Waals surface area contributed by atoms with Crippen LogP contribution in [0.3, 0.4) is 0 Å². The molecule has 20 nitrogen and oxygen atoms in total. The van der Waals surface area contributed by atoms with Gasteiger partial charge in [0.05, 0.1) is 62.2 Å². The molecule has 2 aliphatic rings. The Morgan fingerprint density at radius 2 is 1.71 bits per heavy atom. The Hall–Kier alpha value is -6.84. The third-order valence-corrected chi connectivity index (χ3v) is 17.1. The topological polar surface area (TPSA) is 238 Å². The molecule has 0 radical (unpaired) electrons. The maximum atomic E-state index is 14.3. The highest BCUT2D eigenvalue weighted by Gasteiger charge is 2.44. The summed E-state index contributed by atoms with van der Waals surface area (Å²) in [6.07, 6.45) is 8.67. The number of nitrogens with zero attached hydrogens (tertiary/aromatic N) is 10. The third-order valence-electron chi connectivity index (χ3n) is 14.0. The van der Waals surface area contributed by atoms with Gasteiger partial charge >= 0.3 is 0 Å². The lowest BCUT2D eigenvalue weighted by Crippen LogP contribution is -2.57. The molecule has 2 fully saturated rings. The van der Waals surface area contributed by atoms with E-state index in [2.05, 4.69) is 72.0 Å². The number of piperazine rings is 1. The van der Waals surface area contributed by atoms with Gasteiger partial charge in [-0.3, -0.25) is 33.9 Å². The van der Waals surface area contributed by atoms with E-state index in [-0.39, 0.29) is 37.7 Å². The van der Waals surface area contributed by atoms with Crippen LogP contribution < -0.4 is 36.2 Å². The highest BCUT2D eigenvalue weighted by Crippen LogP contribution is 2.43. The molecule has 3 atom stereocenters. The molecule has 0 bridgehead atoms. The van der Waals surface area contributed by atoms with Crippen LogP contribution in [0.25, 0.3) is 32.6 Å². The Labute approximate surface area is 466 Å². The first-order valence-corrected chi connectivity index (χ1v) is 30.1. The number of hydrogen-bond donors (Lipinski definition) is 5. The number of rotatable bonds is 18. The van der Waals surface area contributed by atoms with E-state index in [1.807, 2.05) is 101 Å². The molecule has 7 aromatic rings. The van der Waals surface area contributed by atoms with Crippen molar-refractivity contribution >= 4 is 97.3 Å². The summed E-state index contributed by atoms with van der Waals surface area (Å²) < 4.78 is 22.0. The van der Waals surface area contributed by atoms with Crippen LogP contribution in [0.1, 0.15) is 51.3 Å². The molecule has 5 N–H and O–H groups in total. The second kappa shape index (κ2) is 23.6. The fourth-order valence-corrected chi connectivity index (χ4v) is 12.5. The molecule has 3 amide bonds. The molecule has 6 heterocycles. The maximum absolute atomic E-state index is 14.3. The first-order valence-electron chi connectivity index (χ1n) is 25.8. The van der Waals surface area contributed by atoms with E-state index in [9.17, 15) is 24.1 Å². The van der Waals surface area contributed by atoms with Crippen LogP contribution in [0, 0.1) is 12.3 Å². The quantitative estimate of drug-likeness (QED) is 0.0524. The minimum atomic E-state index is -2.84. The minimum Gasteiger partial charge on any atom is -0.494 e. The van der Waals surface area contributed by atoms with E-state index in [4.69, 9.17) is 9.72 Å². The van der Waals surface area contributed by atoms with Crippen molar-refractivity contribution in [3.63, 3.8) is 0 Å². The summed E-state index contributed by atoms with van der Waals surface area (Å²) in [5, 5.41) is 28.5. The van der Waals surface area contributed by atoms with Crippen LogP contribution in [-0.2, 0) is 32.5 Å². The zero-order chi connectivity index (χ0) is 55.5. The lowest BCUT2D eigenvalue weighted by molar-refractivity contribution is -0.144. The van der Waals surface area contributed by atoms with Crippen molar-refractivity contribution in [2.75, 3.05) is 75.2 Å². The predicted octanol–water partition coefficient (Wildman–Crippen LogP) is 7.47. The molecule has 3 aromatic carbocycles. The number of carbonyl (C=O) groups excluding carboxylic acids is 3. The van der Waals surface area contributed by atoms with Gasteiger partial charge in [0.1, 0.15) is 36.3 Å². The number of hydrogen-bond acceptors (Lipinski definition) is 17. The van der Waals surface area contributed by atoms with Crippen molar-refractivity contribution < 1.29 is 28.8 Å². The van der Waals surface area contributed by atoms with Crippen LogP contribution in [0.2, 0.25) is 0 Å². The van der Waals surface area contributed by atoms with Crippen molar-refractivity contribution in [1.82, 2.24) is 55.1 Å². The molecule has 2 aliphatic heterocycles. The van der Waals surface area contributed by atoms with E-state index in [0.717, 1.165) is 51.6 Å². The average Bonchev–Trinajstić information content (AvgIpc) is 4.20. The van der Waals surface area contributed by atoms with Crippen LogP contribution in [-0.4, -0.2) is 145 Å². The van der Waals surface area contributed by atoms with Crippen LogP contribution in [0.5, 0.6) is 5.75 Å². The smallest absolute Gasteiger partial charge is 0.246 e. The molecular formula is C55H66BrN14O6PS. The number of benzene rings is 3. The Bertz CT molecular complexity index is 3370. The second-order valence-corrected chi connectivity index (χ2v) is 26.1. The number of aromatic nitrogens is 7. The van der Waals surface area contributed by atoms with E-state index in [0.29, 0.717) is 75.8 Å². The first kappa shape index (κ1) is 55.9. The van der Waals surface area contributed by atoms with Gasteiger partial charge in [-0.05, 0) is 83.9 Å². The lowest BCUT2D eigenvalue weighted by Gasteiger charge is -2.37. The molecule has 2 saturated heterocycles. The fourth-order valence-electron chi connectivity index (χ4n) is 10.0. The Balaban J connectivity index is 0.812. The molecular weight excluding hydrogens is 1100 g/mol. The number of amides is 3. The number of aryl methyl sites for hydroxylation is 2. The van der Waals surface area contributed by atoms with Crippen LogP contribution >= 0.6 is 34.4 Å². The number of β-amino-alcohol motifs (C(OH)–C–C–N with tert-alkyl or cyclic N) is 1. The number of aliphatic hydroxyl groups is 1. The molecule has 0 spiro atoms. The number of nitrogens with one attached hydrogen (secondary N) is 4. The number of halogens is 1. The zero-order valence-corrected chi connectivity index (χ0v) is 48.4. The number of aliphatic hydroxyl groups excluding tert-OH is 1. The van der Waals surface area contributed by atoms with Crippen molar-refractivity contribution in [1.29, 1.82) is 0 Å². The minimum absolute atomic E-state index is 0.00239. The largest absolute Gasteiger partial charge is 0.494 e. The van der Waals surface area contributed by atoms with Gasteiger partial charge in [0.15, 0.2) is 0 Å². The van der Waals surface area contributed by atoms with Gasteiger partial charge in [-0.2, -0.15) is 10.1 Å². The van der Waals surface area contributed by atoms with Gasteiger partial charge < -0.3 is 45.5 Å². The number of anilines is 5. The number of methoxy groups -OCH3 is 1. The Morgan fingerprint density at radius 3 is 2.38 bits per heavy atom. The monoisotopic (exact) mass is 1160 g/mol. The summed E-state index contributed by atoms with van der Waals surface area (Å²) in [5.74, 6) is 0.327. The van der Waals surface area contributed by atoms with E-state index < -0.39 is 36.7 Å². The predicted molar refractivity (Wildman–Crippen MR) is 310 cm³/mol. The first-order chi connectivity index (χ1) is 37.2. The van der Waals surface area contributed by atoms with Crippen LogP contribution in [0.15, 0.2) is 89.5 Å². The molecule has 410 valence electrons. The highest BCUT2D eigenvalue weighted by molar-refractivity contribution is 9.10. The summed E-state index contributed by atoms with van der Waals surface area (Å²) in [5.41, 5.74) is 9.31. The fraction of sp³-hybridized carbons (Fsp3) is 0.400. The summed E-state index contributed by atoms with van der Waals surface area (Å²) in [6, 6.07) is 13.8. The zero-order valence-electron chi connectivity index (χ0n) is 45.1. The molecule has 23 heteroatoms. The SMILES string of the molecule is COc1cc(N2CCN(CCCC(=O)N[C@H](C(=O)N3C[C@H](O)C[C@H]3C(=O)NCc3ccc(-c4scnc4C)cc3)C(C)(C)C)CC2)c(-c2cnn(C)c2)cc1Nc1ncc(Br)c(Nc2ccc3nccnc3c2P(C)(C)=O)n1. The standard InChI is InChI=1S/C55H66BrN14O6PS/c1-33-49(78-32-61-33)35-13-11-34(12-14-35)27-59-52(73)44-24-37(71)31-70(44)53(74)50(55(2,3)4)65-46(72)10-9-19-68-20-22-69(23-21-68)43-26-45(76-6)42(25-38(43)36-28-62-67(5)30-36)64-54-60-29-39(56)51(66-54)63-41-16-15-40-47(58-18-17-57-40)48(41)77(7,8)75/h11-18,25-26,28-30,32,37,44,50,71H,9-10,19-24,27,31H2,1-8H3,(H,59,73)(H,65,72)(H2,60,63,64,66)/t37-,44+,50-/m1/s1. The van der Waals surface area contributed by atoms with E-state index >= 15 is 0 Å². The summed E-state index contributed by atoms with van der Waals surface area (Å²) in [6.45, 7) is 14.9. The second-order valence-electron chi connectivity index (χ2n) is 21.2. The van der Waals surface area contributed by atoms with Crippen molar-refractivity contribution in [2.45, 2.75) is 71.7 Å². The maximum Gasteiger partial charge on any atom is 0.246 e. The van der Waals surface area contributed by atoms with Gasteiger partial charge in [-0.1, -0.05) is 45.0 Å². The average molecular weight is 1160 g/mol. The van der Waals surface area contributed by atoms with Gasteiger partial charge in [0, 0.05) is 107 Å². The van der Waals surface area contributed by atoms with Gasteiger partial charge in [0.25, 0.3) is 0 Å². The molecule has 78 heavy (non-hydrogen) atoms. The van der Waals surface area contributed by atoms with Crippen molar-refractivity contribution in [3.05, 3.63) is 101 Å². The summed E-state index contributed by atoms with van der Waals surface area (Å²) in [4.78, 5) is 71.4. The number of thiazole rings is 1. The summed E-state index contributed by atoms with van der Waals surface area (Å²) in [7, 11) is 0.664. The molecule has 9 rings (SSSR count). The molecule has 0 saturated carbocycles. The normalized spacial score (nSPS) is 16.5. The number of carbonyl (C=O) groups is 3. The Kier molecular flexibility index (Phi) is 16.9. The third kappa shape index (κ3) is 12.8. The van der Waals surface area contributed by atoms with Gasteiger partial charge in [-0.15, -0.1) is 11.3 Å². The number of fused-ring (bicyclic) bond motifs is 1. The number of ether oxygens (including phenoxy) is 1. The molecule has 0 unspecified atom stereocenters. The highest BCUT2D eigenvalue weighted by atomic mass is 79.9. The van der Waals surface area contributed by atoms with Crippen molar-refractivity contribution in [3.8, 4) is 27.3 Å². The summed E-state index contributed by atoms with van der Waals surface area (Å²) >= 11 is 5.17. The number of likely N-dealkylation sites (tertiary alicyclic amines) is 1. The lowest BCUT2D eigenvalue weighted by atomic mass is 9.85. The van der Waals surface area contributed by atoms with Crippen LogP contribution in [0.4, 0.5) is 28.8 Å². The molecule has 4 aromatic heterocycles. The van der Waals surface area contributed by atoms with Gasteiger partial charge in [-0.25, -0.2) is 9.97 Å². The Morgan fingerprint density at radius 1 is 0.949 bits per heavy atom. The van der Waals surface area contributed by atoms with Crippen molar-refractivity contribution in [2.24, 2.45) is 12.5 Å².